The first kappa shape index (κ1) is 13.6. The number of aliphatic hydroxyl groups excluding tert-OH is 1. The molecular formula is C16H20N2OS. The molecule has 1 aliphatic carbocycles. The minimum atomic E-state index is -0.204. The van der Waals surface area contributed by atoms with Gasteiger partial charge in [0.05, 0.1) is 16.8 Å². The normalized spacial score (nSPS) is 24.2. The van der Waals surface area contributed by atoms with Crippen molar-refractivity contribution in [3.05, 3.63) is 34.7 Å². The molecule has 2 atom stereocenters. The van der Waals surface area contributed by atoms with Crippen molar-refractivity contribution >= 4 is 17.0 Å². The Morgan fingerprint density at radius 3 is 2.80 bits per heavy atom. The lowest BCUT2D eigenvalue weighted by molar-refractivity contribution is -0.0510. The average molecular weight is 288 g/mol. The van der Waals surface area contributed by atoms with Crippen molar-refractivity contribution in [1.82, 2.24) is 4.98 Å². The van der Waals surface area contributed by atoms with E-state index >= 15 is 0 Å². The predicted octanol–water partition coefficient (Wildman–Crippen LogP) is 3.69. The fraction of sp³-hybridized carbons (Fsp3) is 0.438. The average Bonchev–Trinajstić information content (AvgIpc) is 2.86. The van der Waals surface area contributed by atoms with E-state index < -0.39 is 0 Å². The Labute approximate surface area is 123 Å². The van der Waals surface area contributed by atoms with Gasteiger partial charge >= 0.3 is 0 Å². The van der Waals surface area contributed by atoms with Crippen molar-refractivity contribution in [1.29, 1.82) is 0 Å². The van der Waals surface area contributed by atoms with Gasteiger partial charge in [-0.2, -0.15) is 0 Å². The first-order chi connectivity index (χ1) is 9.46. The lowest BCUT2D eigenvalue weighted by Crippen LogP contribution is -2.56. The highest BCUT2D eigenvalue weighted by molar-refractivity contribution is 7.09. The van der Waals surface area contributed by atoms with E-state index in [9.17, 15) is 5.11 Å². The summed E-state index contributed by atoms with van der Waals surface area (Å²) in [5.41, 5.74) is 3.20. The Morgan fingerprint density at radius 1 is 1.40 bits per heavy atom. The van der Waals surface area contributed by atoms with E-state index in [-0.39, 0.29) is 11.5 Å². The van der Waals surface area contributed by atoms with E-state index in [1.807, 2.05) is 6.92 Å². The van der Waals surface area contributed by atoms with Crippen molar-refractivity contribution in [3.8, 4) is 11.3 Å². The number of aromatic nitrogens is 1. The molecule has 1 saturated carbocycles. The highest BCUT2D eigenvalue weighted by Crippen LogP contribution is 2.42. The van der Waals surface area contributed by atoms with Gasteiger partial charge in [-0.25, -0.2) is 4.98 Å². The van der Waals surface area contributed by atoms with Crippen LogP contribution in [0.25, 0.3) is 11.3 Å². The number of nitrogens with one attached hydrogen (secondary N) is 1. The zero-order valence-electron chi connectivity index (χ0n) is 12.1. The number of thiazole rings is 1. The number of rotatable bonds is 3. The lowest BCUT2D eigenvalue weighted by Gasteiger charge is -2.49. The van der Waals surface area contributed by atoms with Gasteiger partial charge in [-0.15, -0.1) is 11.3 Å². The van der Waals surface area contributed by atoms with Crippen LogP contribution in [0.15, 0.2) is 29.6 Å². The molecule has 2 N–H and O–H groups in total. The molecule has 0 radical (unpaired) electrons. The minimum absolute atomic E-state index is 0.0623. The molecule has 0 aliphatic heterocycles. The van der Waals surface area contributed by atoms with E-state index in [1.54, 1.807) is 11.3 Å². The van der Waals surface area contributed by atoms with Crippen LogP contribution in [0.3, 0.4) is 0 Å². The second kappa shape index (κ2) is 4.86. The molecule has 0 saturated heterocycles. The monoisotopic (exact) mass is 288 g/mol. The van der Waals surface area contributed by atoms with Gasteiger partial charge in [0, 0.05) is 28.1 Å². The van der Waals surface area contributed by atoms with Crippen LogP contribution in [-0.2, 0) is 0 Å². The quantitative estimate of drug-likeness (QED) is 0.905. The summed E-state index contributed by atoms with van der Waals surface area (Å²) in [5.74, 6) is 0. The second-order valence-corrected chi connectivity index (χ2v) is 7.16. The maximum absolute atomic E-state index is 9.81. The summed E-state index contributed by atoms with van der Waals surface area (Å²) in [6.45, 7) is 6.23. The molecular weight excluding hydrogens is 268 g/mol. The number of aliphatic hydroxyl groups is 1. The highest BCUT2D eigenvalue weighted by atomic mass is 32.1. The van der Waals surface area contributed by atoms with E-state index in [4.69, 9.17) is 0 Å². The van der Waals surface area contributed by atoms with E-state index in [0.717, 1.165) is 28.4 Å². The lowest BCUT2D eigenvalue weighted by atomic mass is 9.64. The van der Waals surface area contributed by atoms with Gasteiger partial charge in [0.2, 0.25) is 0 Å². The summed E-state index contributed by atoms with van der Waals surface area (Å²) in [6.07, 6.45) is 0.608. The van der Waals surface area contributed by atoms with E-state index in [0.29, 0.717) is 6.04 Å². The molecule has 1 fully saturated rings. The zero-order valence-corrected chi connectivity index (χ0v) is 12.9. The molecule has 20 heavy (non-hydrogen) atoms. The van der Waals surface area contributed by atoms with E-state index in [2.05, 4.69) is 53.8 Å². The summed E-state index contributed by atoms with van der Waals surface area (Å²) in [5, 5.41) is 16.5. The third-order valence-corrected chi connectivity index (χ3v) is 5.11. The number of hydrogen-bond acceptors (Lipinski definition) is 4. The maximum atomic E-state index is 9.81. The van der Waals surface area contributed by atoms with Crippen molar-refractivity contribution in [2.75, 3.05) is 5.32 Å². The topological polar surface area (TPSA) is 45.2 Å². The summed E-state index contributed by atoms with van der Waals surface area (Å²) < 4.78 is 0. The van der Waals surface area contributed by atoms with E-state index in [1.165, 1.54) is 0 Å². The predicted molar refractivity (Wildman–Crippen MR) is 84.1 cm³/mol. The van der Waals surface area contributed by atoms with Gasteiger partial charge in [0.15, 0.2) is 0 Å². The molecule has 4 heteroatoms. The Bertz CT molecular complexity index is 620. The highest BCUT2D eigenvalue weighted by Gasteiger charge is 2.47. The molecule has 1 aromatic carbocycles. The third kappa shape index (κ3) is 2.34. The molecule has 2 aromatic rings. The standard InChI is InChI=1S/C16H20N2OS/c1-10-17-13(9-20-10)11-5-4-6-12(7-11)18-14-8-15(19)16(14,2)3/h4-7,9,14-15,18-19H,8H2,1-3H3. The van der Waals surface area contributed by atoms with Crippen LogP contribution in [-0.4, -0.2) is 22.2 Å². The van der Waals surface area contributed by atoms with Crippen molar-refractivity contribution in [3.63, 3.8) is 0 Å². The van der Waals surface area contributed by atoms with Gasteiger partial charge in [-0.05, 0) is 25.5 Å². The number of benzene rings is 1. The molecule has 1 aliphatic rings. The van der Waals surface area contributed by atoms with Crippen LogP contribution >= 0.6 is 11.3 Å². The molecule has 0 bridgehead atoms. The summed E-state index contributed by atoms with van der Waals surface area (Å²) >= 11 is 1.67. The van der Waals surface area contributed by atoms with Crippen molar-refractivity contribution in [2.45, 2.75) is 39.3 Å². The molecule has 2 unspecified atom stereocenters. The summed E-state index contributed by atoms with van der Waals surface area (Å²) in [6, 6.07) is 8.66. The molecule has 1 heterocycles. The molecule has 3 rings (SSSR count). The zero-order chi connectivity index (χ0) is 14.3. The Morgan fingerprint density at radius 2 is 2.20 bits per heavy atom. The largest absolute Gasteiger partial charge is 0.392 e. The second-order valence-electron chi connectivity index (χ2n) is 6.10. The van der Waals surface area contributed by atoms with Gasteiger partial charge in [0.25, 0.3) is 0 Å². The Balaban J connectivity index is 1.79. The third-order valence-electron chi connectivity index (χ3n) is 4.33. The smallest absolute Gasteiger partial charge is 0.0901 e. The number of hydrogen-bond donors (Lipinski definition) is 2. The first-order valence-corrected chi connectivity index (χ1v) is 7.82. The van der Waals surface area contributed by atoms with Crippen LogP contribution < -0.4 is 5.32 Å². The van der Waals surface area contributed by atoms with Gasteiger partial charge < -0.3 is 10.4 Å². The Kier molecular flexibility index (Phi) is 3.30. The summed E-state index contributed by atoms with van der Waals surface area (Å²) in [4.78, 5) is 4.53. The van der Waals surface area contributed by atoms with Gasteiger partial charge in [-0.1, -0.05) is 26.0 Å². The molecule has 0 amide bonds. The van der Waals surface area contributed by atoms with Crippen LogP contribution in [0.2, 0.25) is 0 Å². The van der Waals surface area contributed by atoms with Crippen molar-refractivity contribution in [2.24, 2.45) is 5.41 Å². The van der Waals surface area contributed by atoms with Crippen LogP contribution in [0.5, 0.6) is 0 Å². The number of anilines is 1. The number of nitrogens with zero attached hydrogens (tertiary/aromatic N) is 1. The van der Waals surface area contributed by atoms with Crippen LogP contribution in [0.1, 0.15) is 25.3 Å². The van der Waals surface area contributed by atoms with Gasteiger partial charge in [-0.3, -0.25) is 0 Å². The fourth-order valence-electron chi connectivity index (χ4n) is 2.61. The molecule has 1 aromatic heterocycles. The Hall–Kier alpha value is -1.39. The van der Waals surface area contributed by atoms with Crippen LogP contribution in [0.4, 0.5) is 5.69 Å². The van der Waals surface area contributed by atoms with Crippen LogP contribution in [0, 0.1) is 12.3 Å². The maximum Gasteiger partial charge on any atom is 0.0901 e. The molecule has 106 valence electrons. The van der Waals surface area contributed by atoms with Gasteiger partial charge in [0.1, 0.15) is 0 Å². The fourth-order valence-corrected chi connectivity index (χ4v) is 3.23. The molecule has 0 spiro atoms. The minimum Gasteiger partial charge on any atom is -0.392 e. The first-order valence-electron chi connectivity index (χ1n) is 6.94. The number of aryl methyl sites for hydroxylation is 1. The SMILES string of the molecule is Cc1nc(-c2cccc(NC3CC(O)C3(C)C)c2)cs1. The van der Waals surface area contributed by atoms with Crippen molar-refractivity contribution < 1.29 is 5.11 Å². The summed E-state index contributed by atoms with van der Waals surface area (Å²) in [7, 11) is 0. The molecule has 3 nitrogen and oxygen atoms in total.